The van der Waals surface area contributed by atoms with E-state index < -0.39 is 0 Å². The Morgan fingerprint density at radius 2 is 2.03 bits per heavy atom. The quantitative estimate of drug-likeness (QED) is 0.353. The van der Waals surface area contributed by atoms with Crippen LogP contribution in [0.3, 0.4) is 0 Å². The minimum atomic E-state index is -0.287. The highest BCUT2D eigenvalue weighted by Gasteiger charge is 2.45. The molecule has 0 spiro atoms. The number of rotatable bonds is 5. The fourth-order valence-corrected chi connectivity index (χ4v) is 5.45. The summed E-state index contributed by atoms with van der Waals surface area (Å²) >= 11 is 6.89. The van der Waals surface area contributed by atoms with Crippen LogP contribution in [-0.4, -0.2) is 23.2 Å². The third kappa shape index (κ3) is 4.21. The summed E-state index contributed by atoms with van der Waals surface area (Å²) in [7, 11) is 0. The Bertz CT molecular complexity index is 1170. The number of hydrogen-bond donors (Lipinski definition) is 0. The van der Waals surface area contributed by atoms with Gasteiger partial charge in [-0.05, 0) is 89.3 Å². The third-order valence-corrected chi connectivity index (χ3v) is 6.81. The van der Waals surface area contributed by atoms with Crippen LogP contribution in [0.25, 0.3) is 6.08 Å². The zero-order chi connectivity index (χ0) is 22.1. The van der Waals surface area contributed by atoms with Gasteiger partial charge in [-0.1, -0.05) is 15.9 Å². The molecule has 2 aromatic heterocycles. The third-order valence-electron chi connectivity index (χ3n) is 5.70. The predicted octanol–water partition coefficient (Wildman–Crippen LogP) is 6.60. The monoisotopic (exact) mass is 558 g/mol. The highest BCUT2D eigenvalue weighted by molar-refractivity contribution is 9.11. The fraction of sp³-hybridized carbons (Fsp3) is 0.250. The van der Waals surface area contributed by atoms with E-state index in [1.807, 2.05) is 48.5 Å². The average molecular weight is 560 g/mol. The summed E-state index contributed by atoms with van der Waals surface area (Å²) in [6.45, 7) is -0.127. The fourth-order valence-electron chi connectivity index (χ4n) is 4.29. The maximum Gasteiger partial charge on any atom is 0.281 e. The number of ether oxygens (including phenoxy) is 1. The molecule has 2 atom stereocenters. The SMILES string of the molecule is O=C(COc1ccc(Br)cc1Br)N1N=C2/C(=C\c3ccco3)CCC[C@@H]2[C@@H]1c1ccco1. The Hall–Kier alpha value is -2.58. The minimum Gasteiger partial charge on any atom is -0.483 e. The Labute approximate surface area is 202 Å². The normalized spacial score (nSPS) is 21.5. The summed E-state index contributed by atoms with van der Waals surface area (Å²) in [5.74, 6) is 1.95. The lowest BCUT2D eigenvalue weighted by Gasteiger charge is -2.27. The van der Waals surface area contributed by atoms with Crippen LogP contribution in [0.2, 0.25) is 0 Å². The molecule has 164 valence electrons. The van der Waals surface area contributed by atoms with Crippen molar-refractivity contribution in [3.8, 4) is 5.75 Å². The lowest BCUT2D eigenvalue weighted by atomic mass is 9.79. The van der Waals surface area contributed by atoms with Crippen molar-refractivity contribution in [3.63, 3.8) is 0 Å². The molecule has 32 heavy (non-hydrogen) atoms. The molecular formula is C24H20Br2N2O4. The molecule has 8 heteroatoms. The molecule has 6 nitrogen and oxygen atoms in total. The molecule has 0 bridgehead atoms. The van der Waals surface area contributed by atoms with E-state index in [2.05, 4.69) is 31.9 Å². The molecule has 1 aromatic carbocycles. The van der Waals surface area contributed by atoms with Gasteiger partial charge in [0.2, 0.25) is 0 Å². The van der Waals surface area contributed by atoms with Crippen LogP contribution in [0.5, 0.6) is 5.75 Å². The first-order valence-electron chi connectivity index (χ1n) is 10.4. The molecule has 1 amide bonds. The number of carbonyl (C=O) groups is 1. The number of allylic oxidation sites excluding steroid dienone is 1. The number of fused-ring (bicyclic) bond motifs is 1. The topological polar surface area (TPSA) is 68.2 Å². The van der Waals surface area contributed by atoms with E-state index in [0.717, 1.165) is 51.0 Å². The largest absolute Gasteiger partial charge is 0.483 e. The predicted molar refractivity (Wildman–Crippen MR) is 127 cm³/mol. The van der Waals surface area contributed by atoms with Gasteiger partial charge in [0.05, 0.1) is 22.7 Å². The van der Waals surface area contributed by atoms with E-state index in [9.17, 15) is 4.79 Å². The first-order valence-corrected chi connectivity index (χ1v) is 11.9. The summed E-state index contributed by atoms with van der Waals surface area (Å²) in [5, 5.41) is 6.32. The van der Waals surface area contributed by atoms with Gasteiger partial charge in [0.25, 0.3) is 5.91 Å². The molecule has 1 aliphatic carbocycles. The number of nitrogens with zero attached hydrogens (tertiary/aromatic N) is 2. The second-order valence-corrected chi connectivity index (χ2v) is 9.50. The Kier molecular flexibility index (Phi) is 6.06. The van der Waals surface area contributed by atoms with Crippen molar-refractivity contribution < 1.29 is 18.4 Å². The van der Waals surface area contributed by atoms with Crippen LogP contribution >= 0.6 is 31.9 Å². The van der Waals surface area contributed by atoms with Gasteiger partial charge in [0.1, 0.15) is 23.3 Å². The first-order chi connectivity index (χ1) is 15.6. The molecule has 1 aliphatic heterocycles. The summed E-state index contributed by atoms with van der Waals surface area (Å²) < 4.78 is 18.7. The van der Waals surface area contributed by atoms with Crippen molar-refractivity contribution >= 4 is 49.6 Å². The highest BCUT2D eigenvalue weighted by Crippen LogP contribution is 2.44. The molecule has 2 aliphatic rings. The van der Waals surface area contributed by atoms with Gasteiger partial charge < -0.3 is 13.6 Å². The number of hydrazone groups is 1. The van der Waals surface area contributed by atoms with Gasteiger partial charge in [-0.25, -0.2) is 5.01 Å². The maximum atomic E-state index is 13.3. The van der Waals surface area contributed by atoms with Crippen LogP contribution in [-0.2, 0) is 4.79 Å². The van der Waals surface area contributed by atoms with Gasteiger partial charge in [-0.2, -0.15) is 5.10 Å². The van der Waals surface area contributed by atoms with Gasteiger partial charge in [0, 0.05) is 10.4 Å². The number of carbonyl (C=O) groups excluding carboxylic acids is 1. The van der Waals surface area contributed by atoms with Crippen LogP contribution in [0.1, 0.15) is 36.8 Å². The van der Waals surface area contributed by atoms with Gasteiger partial charge in [-0.3, -0.25) is 4.79 Å². The van der Waals surface area contributed by atoms with Crippen molar-refractivity contribution in [2.75, 3.05) is 6.61 Å². The van der Waals surface area contributed by atoms with Crippen LogP contribution < -0.4 is 4.74 Å². The van der Waals surface area contributed by atoms with E-state index in [0.29, 0.717) is 5.75 Å². The van der Waals surface area contributed by atoms with Crippen molar-refractivity contribution in [3.05, 3.63) is 81.0 Å². The number of furan rings is 2. The molecule has 0 saturated heterocycles. The van der Waals surface area contributed by atoms with E-state index in [-0.39, 0.29) is 24.5 Å². The summed E-state index contributed by atoms with van der Waals surface area (Å²) in [6, 6.07) is 12.8. The minimum absolute atomic E-state index is 0.0690. The lowest BCUT2D eigenvalue weighted by molar-refractivity contribution is -0.136. The molecule has 1 saturated carbocycles. The van der Waals surface area contributed by atoms with Crippen molar-refractivity contribution in [2.45, 2.75) is 25.3 Å². The van der Waals surface area contributed by atoms with Crippen LogP contribution in [0, 0.1) is 5.92 Å². The van der Waals surface area contributed by atoms with E-state index in [4.69, 9.17) is 18.7 Å². The molecule has 3 aromatic rings. The smallest absolute Gasteiger partial charge is 0.281 e. The summed E-state index contributed by atoms with van der Waals surface area (Å²) in [5.41, 5.74) is 2.02. The van der Waals surface area contributed by atoms with Crippen molar-refractivity contribution in [1.82, 2.24) is 5.01 Å². The van der Waals surface area contributed by atoms with E-state index >= 15 is 0 Å². The lowest BCUT2D eigenvalue weighted by Crippen LogP contribution is -2.34. The molecule has 1 fully saturated rings. The molecule has 3 heterocycles. The number of benzene rings is 1. The van der Waals surface area contributed by atoms with Gasteiger partial charge >= 0.3 is 0 Å². The Morgan fingerprint density at radius 3 is 2.78 bits per heavy atom. The number of hydrogen-bond acceptors (Lipinski definition) is 5. The van der Waals surface area contributed by atoms with Crippen molar-refractivity contribution in [2.24, 2.45) is 11.0 Å². The summed E-state index contributed by atoms with van der Waals surface area (Å²) in [6.07, 6.45) is 8.15. The standard InChI is InChI=1S/C24H20Br2N2O4/c25-16-8-9-20(19(26)13-16)32-14-22(29)28-24(21-7-3-11-31-21)18-6-1-4-15(23(18)27-28)12-17-5-2-10-30-17/h2-3,5,7-13,18,24H,1,4,6,14H2/b15-12-/t18-,24+/m0/s1. The maximum absolute atomic E-state index is 13.3. The second kappa shape index (κ2) is 9.11. The Morgan fingerprint density at radius 1 is 1.19 bits per heavy atom. The van der Waals surface area contributed by atoms with Gasteiger partial charge in [-0.15, -0.1) is 0 Å². The highest BCUT2D eigenvalue weighted by atomic mass is 79.9. The van der Waals surface area contributed by atoms with E-state index in [1.54, 1.807) is 12.5 Å². The molecule has 0 radical (unpaired) electrons. The van der Waals surface area contributed by atoms with Crippen LogP contribution in [0.4, 0.5) is 0 Å². The van der Waals surface area contributed by atoms with Crippen LogP contribution in [0.15, 0.2) is 83.4 Å². The number of halogens is 2. The van der Waals surface area contributed by atoms with Gasteiger partial charge in [0.15, 0.2) is 6.61 Å². The average Bonchev–Trinajstić information content (AvgIpc) is 3.53. The van der Waals surface area contributed by atoms with E-state index in [1.165, 1.54) is 5.01 Å². The second-order valence-electron chi connectivity index (χ2n) is 7.73. The number of amides is 1. The molecule has 0 unspecified atom stereocenters. The zero-order valence-corrected chi connectivity index (χ0v) is 20.2. The molecular weight excluding hydrogens is 540 g/mol. The molecule has 5 rings (SSSR count). The zero-order valence-electron chi connectivity index (χ0n) is 17.0. The summed E-state index contributed by atoms with van der Waals surface area (Å²) in [4.78, 5) is 13.3. The molecule has 0 N–H and O–H groups in total. The first kappa shape index (κ1) is 21.3. The van der Waals surface area contributed by atoms with Crippen molar-refractivity contribution in [1.29, 1.82) is 0 Å². The Balaban J connectivity index is 1.43.